The van der Waals surface area contributed by atoms with Crippen molar-refractivity contribution in [2.75, 3.05) is 5.88 Å². The predicted octanol–water partition coefficient (Wildman–Crippen LogP) is 5.27. The molecule has 3 heteroatoms. The summed E-state index contributed by atoms with van der Waals surface area (Å²) < 4.78 is 0. The molecular formula is C12H13Cl3. The highest BCUT2D eigenvalue weighted by Crippen LogP contribution is 2.28. The molecule has 0 aliphatic heterocycles. The summed E-state index contributed by atoms with van der Waals surface area (Å²) in [5, 5.41) is 1.16. The van der Waals surface area contributed by atoms with Crippen LogP contribution in [0.5, 0.6) is 0 Å². The third-order valence-corrected chi connectivity index (χ3v) is 3.36. The van der Waals surface area contributed by atoms with E-state index < -0.39 is 0 Å². The molecule has 0 bridgehead atoms. The van der Waals surface area contributed by atoms with Gasteiger partial charge in [-0.3, -0.25) is 0 Å². The molecule has 0 nitrogen and oxygen atoms in total. The molecule has 0 unspecified atom stereocenters. The summed E-state index contributed by atoms with van der Waals surface area (Å²) in [6, 6.07) is 5.59. The van der Waals surface area contributed by atoms with Gasteiger partial charge in [0.05, 0.1) is 10.0 Å². The fraction of sp³-hybridized carbons (Fsp3) is 0.333. The summed E-state index contributed by atoms with van der Waals surface area (Å²) in [6.07, 6.45) is 2.01. The van der Waals surface area contributed by atoms with Gasteiger partial charge in [0.2, 0.25) is 0 Å². The first kappa shape index (κ1) is 12.9. The van der Waals surface area contributed by atoms with Crippen molar-refractivity contribution < 1.29 is 0 Å². The highest BCUT2D eigenvalue weighted by Gasteiger charge is 2.05. The Balaban J connectivity index is 3.11. The lowest BCUT2D eigenvalue weighted by Gasteiger charge is -2.08. The molecule has 0 radical (unpaired) electrons. The van der Waals surface area contributed by atoms with E-state index in [1.165, 1.54) is 0 Å². The SMILES string of the molecule is CC(C)C(=Cc1cccc(Cl)c1Cl)CCl. The second kappa shape index (κ2) is 5.79. The van der Waals surface area contributed by atoms with Gasteiger partial charge in [-0.15, -0.1) is 11.6 Å². The smallest absolute Gasteiger partial charge is 0.0664 e. The Morgan fingerprint density at radius 2 is 2.00 bits per heavy atom. The number of allylic oxidation sites excluding steroid dienone is 1. The average molecular weight is 264 g/mol. The maximum atomic E-state index is 6.08. The van der Waals surface area contributed by atoms with Crippen LogP contribution in [0.3, 0.4) is 0 Å². The zero-order valence-corrected chi connectivity index (χ0v) is 11.0. The Bertz CT molecular complexity index is 367. The average Bonchev–Trinajstić information content (AvgIpc) is 2.19. The lowest BCUT2D eigenvalue weighted by molar-refractivity contribution is 0.778. The minimum atomic E-state index is 0.414. The van der Waals surface area contributed by atoms with Crippen molar-refractivity contribution in [3.05, 3.63) is 39.4 Å². The molecular weight excluding hydrogens is 250 g/mol. The van der Waals surface area contributed by atoms with Gasteiger partial charge in [0.1, 0.15) is 0 Å². The minimum absolute atomic E-state index is 0.414. The Morgan fingerprint density at radius 3 is 2.53 bits per heavy atom. The molecule has 0 saturated heterocycles. The Hall–Kier alpha value is -0.170. The van der Waals surface area contributed by atoms with Crippen LogP contribution < -0.4 is 0 Å². The van der Waals surface area contributed by atoms with Gasteiger partial charge in [-0.2, -0.15) is 0 Å². The summed E-state index contributed by atoms with van der Waals surface area (Å²) >= 11 is 17.9. The fourth-order valence-electron chi connectivity index (χ4n) is 1.19. The first-order valence-electron chi connectivity index (χ1n) is 4.76. The van der Waals surface area contributed by atoms with E-state index in [1.54, 1.807) is 6.07 Å². The molecule has 0 amide bonds. The highest BCUT2D eigenvalue weighted by atomic mass is 35.5. The van der Waals surface area contributed by atoms with Crippen molar-refractivity contribution in [2.45, 2.75) is 13.8 Å². The maximum absolute atomic E-state index is 6.08. The number of hydrogen-bond acceptors (Lipinski definition) is 0. The molecule has 0 aliphatic carbocycles. The normalized spacial score (nSPS) is 12.3. The molecule has 15 heavy (non-hydrogen) atoms. The third kappa shape index (κ3) is 3.41. The molecule has 0 atom stereocenters. The first-order valence-corrected chi connectivity index (χ1v) is 6.05. The molecule has 0 aliphatic rings. The number of benzene rings is 1. The van der Waals surface area contributed by atoms with E-state index in [2.05, 4.69) is 13.8 Å². The van der Waals surface area contributed by atoms with Crippen LogP contribution in [-0.4, -0.2) is 5.88 Å². The first-order chi connectivity index (χ1) is 7.06. The van der Waals surface area contributed by atoms with Crippen LogP contribution in [0.15, 0.2) is 23.8 Å². The third-order valence-electron chi connectivity index (χ3n) is 2.22. The van der Waals surface area contributed by atoms with Gasteiger partial charge in [-0.1, -0.05) is 60.8 Å². The predicted molar refractivity (Wildman–Crippen MR) is 70.0 cm³/mol. The zero-order chi connectivity index (χ0) is 11.4. The molecule has 0 aromatic heterocycles. The van der Waals surface area contributed by atoms with Crippen LogP contribution in [-0.2, 0) is 0 Å². The van der Waals surface area contributed by atoms with Crippen LogP contribution >= 0.6 is 34.8 Å². The summed E-state index contributed by atoms with van der Waals surface area (Å²) in [4.78, 5) is 0. The molecule has 0 N–H and O–H groups in total. The van der Waals surface area contributed by atoms with Crippen molar-refractivity contribution in [3.63, 3.8) is 0 Å². The van der Waals surface area contributed by atoms with Crippen molar-refractivity contribution in [1.29, 1.82) is 0 Å². The summed E-state index contributed by atoms with van der Waals surface area (Å²) in [5.74, 6) is 0.929. The molecule has 1 aromatic rings. The van der Waals surface area contributed by atoms with Gasteiger partial charge in [0.25, 0.3) is 0 Å². The van der Waals surface area contributed by atoms with E-state index >= 15 is 0 Å². The summed E-state index contributed by atoms with van der Waals surface area (Å²) in [5.41, 5.74) is 2.08. The molecule has 1 aromatic carbocycles. The van der Waals surface area contributed by atoms with E-state index in [1.807, 2.05) is 18.2 Å². The van der Waals surface area contributed by atoms with Gasteiger partial charge in [0.15, 0.2) is 0 Å². The Labute approximate surface area is 106 Å². The van der Waals surface area contributed by atoms with Gasteiger partial charge >= 0.3 is 0 Å². The highest BCUT2D eigenvalue weighted by molar-refractivity contribution is 6.42. The summed E-state index contributed by atoms with van der Waals surface area (Å²) in [6.45, 7) is 4.21. The van der Waals surface area contributed by atoms with Crippen molar-refractivity contribution in [2.24, 2.45) is 5.92 Å². The molecule has 82 valence electrons. The van der Waals surface area contributed by atoms with Gasteiger partial charge in [0, 0.05) is 5.88 Å². The lowest BCUT2D eigenvalue weighted by atomic mass is 10.0. The Kier molecular flexibility index (Phi) is 4.98. The quantitative estimate of drug-likeness (QED) is 0.652. The van der Waals surface area contributed by atoms with Crippen LogP contribution in [0, 0.1) is 5.92 Å². The fourth-order valence-corrected chi connectivity index (χ4v) is 1.94. The van der Waals surface area contributed by atoms with Crippen LogP contribution in [0.25, 0.3) is 6.08 Å². The van der Waals surface area contributed by atoms with Gasteiger partial charge in [-0.05, 0) is 17.5 Å². The standard InChI is InChI=1S/C12H13Cl3/c1-8(2)10(7-13)6-9-4-3-5-11(14)12(9)15/h3-6,8H,7H2,1-2H3. The number of alkyl halides is 1. The lowest BCUT2D eigenvalue weighted by Crippen LogP contribution is -1.95. The largest absolute Gasteiger partial charge is 0.122 e. The van der Waals surface area contributed by atoms with Gasteiger partial charge in [-0.25, -0.2) is 0 Å². The van der Waals surface area contributed by atoms with Crippen molar-refractivity contribution in [3.8, 4) is 0 Å². The Morgan fingerprint density at radius 1 is 1.33 bits per heavy atom. The maximum Gasteiger partial charge on any atom is 0.0664 e. The van der Waals surface area contributed by atoms with Crippen LogP contribution in [0.4, 0.5) is 0 Å². The van der Waals surface area contributed by atoms with E-state index in [-0.39, 0.29) is 0 Å². The van der Waals surface area contributed by atoms with Crippen LogP contribution in [0.2, 0.25) is 10.0 Å². The summed E-state index contributed by atoms with van der Waals surface area (Å²) in [7, 11) is 0. The minimum Gasteiger partial charge on any atom is -0.122 e. The molecule has 0 heterocycles. The molecule has 1 rings (SSSR count). The monoisotopic (exact) mass is 262 g/mol. The van der Waals surface area contributed by atoms with Crippen molar-refractivity contribution >= 4 is 40.9 Å². The van der Waals surface area contributed by atoms with Crippen molar-refractivity contribution in [1.82, 2.24) is 0 Å². The van der Waals surface area contributed by atoms with Crippen LogP contribution in [0.1, 0.15) is 19.4 Å². The number of hydrogen-bond donors (Lipinski definition) is 0. The van der Waals surface area contributed by atoms with E-state index in [9.17, 15) is 0 Å². The molecule has 0 spiro atoms. The van der Waals surface area contributed by atoms with Gasteiger partial charge < -0.3 is 0 Å². The number of rotatable bonds is 3. The zero-order valence-electron chi connectivity index (χ0n) is 8.73. The van der Waals surface area contributed by atoms with E-state index in [4.69, 9.17) is 34.8 Å². The second-order valence-corrected chi connectivity index (χ2v) is 4.70. The molecule has 0 saturated carbocycles. The second-order valence-electron chi connectivity index (χ2n) is 3.65. The topological polar surface area (TPSA) is 0 Å². The number of halogens is 3. The van der Waals surface area contributed by atoms with E-state index in [0.29, 0.717) is 21.8 Å². The molecule has 0 fully saturated rings. The van der Waals surface area contributed by atoms with E-state index in [0.717, 1.165) is 11.1 Å².